The fourth-order valence-corrected chi connectivity index (χ4v) is 2.39. The van der Waals surface area contributed by atoms with Gasteiger partial charge in [-0.25, -0.2) is 0 Å². The van der Waals surface area contributed by atoms with Crippen molar-refractivity contribution in [2.45, 2.75) is 38.3 Å². The highest BCUT2D eigenvalue weighted by Crippen LogP contribution is 2.18. The van der Waals surface area contributed by atoms with E-state index in [0.29, 0.717) is 12.1 Å². The molecule has 1 aliphatic rings. The molecule has 0 aliphatic carbocycles. The normalized spacial score (nSPS) is 22.2. The predicted molar refractivity (Wildman–Crippen MR) is 66.6 cm³/mol. The standard InChI is InChI=1S/C14H21NO/c1-2-15-13(14-9-6-10-16-14)11-12-7-4-3-5-8-12/h3-5,7-8,13-15H,2,6,9-11H2,1H3/t13-,14+/m1/s1. The van der Waals surface area contributed by atoms with E-state index >= 15 is 0 Å². The molecule has 1 heterocycles. The third-order valence-corrected chi connectivity index (χ3v) is 3.18. The molecule has 1 saturated heterocycles. The van der Waals surface area contributed by atoms with Crippen molar-refractivity contribution in [2.75, 3.05) is 13.2 Å². The van der Waals surface area contributed by atoms with E-state index in [9.17, 15) is 0 Å². The molecule has 1 aliphatic heterocycles. The van der Waals surface area contributed by atoms with Gasteiger partial charge in [-0.2, -0.15) is 0 Å². The summed E-state index contributed by atoms with van der Waals surface area (Å²) in [6.07, 6.45) is 3.88. The minimum atomic E-state index is 0.403. The highest BCUT2D eigenvalue weighted by molar-refractivity contribution is 5.16. The summed E-state index contributed by atoms with van der Waals surface area (Å²) >= 11 is 0. The molecule has 1 aromatic carbocycles. The van der Waals surface area contributed by atoms with Crippen LogP contribution in [0, 0.1) is 0 Å². The molecule has 16 heavy (non-hydrogen) atoms. The van der Waals surface area contributed by atoms with Crippen molar-refractivity contribution in [1.82, 2.24) is 5.32 Å². The summed E-state index contributed by atoms with van der Waals surface area (Å²) in [5.41, 5.74) is 1.39. The Bertz CT molecular complexity index is 293. The van der Waals surface area contributed by atoms with E-state index in [4.69, 9.17) is 4.74 Å². The Kier molecular flexibility index (Phi) is 4.37. The molecule has 2 heteroatoms. The number of nitrogens with one attached hydrogen (secondary N) is 1. The average Bonchev–Trinajstić information content (AvgIpc) is 2.83. The second-order valence-electron chi connectivity index (χ2n) is 4.41. The van der Waals surface area contributed by atoms with Crippen molar-refractivity contribution in [3.05, 3.63) is 35.9 Å². The van der Waals surface area contributed by atoms with E-state index in [1.54, 1.807) is 0 Å². The first-order valence-corrected chi connectivity index (χ1v) is 6.29. The molecule has 0 bridgehead atoms. The van der Waals surface area contributed by atoms with Gasteiger partial charge in [0.15, 0.2) is 0 Å². The quantitative estimate of drug-likeness (QED) is 0.821. The van der Waals surface area contributed by atoms with E-state index in [1.807, 2.05) is 0 Å². The van der Waals surface area contributed by atoms with Crippen molar-refractivity contribution in [2.24, 2.45) is 0 Å². The van der Waals surface area contributed by atoms with Crippen LogP contribution in [0.15, 0.2) is 30.3 Å². The molecule has 1 N–H and O–H groups in total. The van der Waals surface area contributed by atoms with Gasteiger partial charge < -0.3 is 10.1 Å². The Morgan fingerprint density at radius 1 is 1.38 bits per heavy atom. The highest BCUT2D eigenvalue weighted by atomic mass is 16.5. The van der Waals surface area contributed by atoms with Crippen LogP contribution >= 0.6 is 0 Å². The summed E-state index contributed by atoms with van der Waals surface area (Å²) in [4.78, 5) is 0. The molecule has 0 radical (unpaired) electrons. The first-order valence-electron chi connectivity index (χ1n) is 6.29. The fourth-order valence-electron chi connectivity index (χ4n) is 2.39. The number of hydrogen-bond acceptors (Lipinski definition) is 2. The molecule has 1 fully saturated rings. The zero-order valence-corrected chi connectivity index (χ0v) is 9.99. The lowest BCUT2D eigenvalue weighted by molar-refractivity contribution is 0.0789. The number of hydrogen-bond donors (Lipinski definition) is 1. The van der Waals surface area contributed by atoms with Gasteiger partial charge in [-0.3, -0.25) is 0 Å². The number of benzene rings is 1. The Balaban J connectivity index is 1.96. The molecule has 2 rings (SSSR count). The Morgan fingerprint density at radius 3 is 2.81 bits per heavy atom. The number of ether oxygens (including phenoxy) is 1. The Morgan fingerprint density at radius 2 is 2.19 bits per heavy atom. The van der Waals surface area contributed by atoms with Crippen LogP contribution in [0.2, 0.25) is 0 Å². The van der Waals surface area contributed by atoms with Gasteiger partial charge in [0, 0.05) is 12.6 Å². The van der Waals surface area contributed by atoms with Crippen LogP contribution < -0.4 is 5.32 Å². The second kappa shape index (κ2) is 6.02. The zero-order valence-electron chi connectivity index (χ0n) is 9.99. The molecule has 1 aromatic rings. The maximum absolute atomic E-state index is 5.78. The van der Waals surface area contributed by atoms with Gasteiger partial charge in [-0.15, -0.1) is 0 Å². The molecule has 0 unspecified atom stereocenters. The third-order valence-electron chi connectivity index (χ3n) is 3.18. The summed E-state index contributed by atoms with van der Waals surface area (Å²) in [7, 11) is 0. The summed E-state index contributed by atoms with van der Waals surface area (Å²) < 4.78 is 5.78. The SMILES string of the molecule is CCN[C@H](Cc1ccccc1)[C@@H]1CCCO1. The van der Waals surface area contributed by atoms with Crippen LogP contribution in [0.4, 0.5) is 0 Å². The first-order chi connectivity index (χ1) is 7.90. The zero-order chi connectivity index (χ0) is 11.2. The van der Waals surface area contributed by atoms with Crippen LogP contribution in [-0.4, -0.2) is 25.3 Å². The van der Waals surface area contributed by atoms with Crippen LogP contribution in [0.5, 0.6) is 0 Å². The fraction of sp³-hybridized carbons (Fsp3) is 0.571. The summed E-state index contributed by atoms with van der Waals surface area (Å²) in [5, 5.41) is 3.55. The van der Waals surface area contributed by atoms with Gasteiger partial charge in [0.2, 0.25) is 0 Å². The number of rotatable bonds is 5. The van der Waals surface area contributed by atoms with E-state index in [0.717, 1.165) is 19.6 Å². The van der Waals surface area contributed by atoms with Gasteiger partial charge >= 0.3 is 0 Å². The Labute approximate surface area is 98.0 Å². The third kappa shape index (κ3) is 3.06. The van der Waals surface area contributed by atoms with Crippen molar-refractivity contribution < 1.29 is 4.74 Å². The molecule has 0 saturated carbocycles. The van der Waals surface area contributed by atoms with Crippen LogP contribution in [-0.2, 0) is 11.2 Å². The van der Waals surface area contributed by atoms with Crippen molar-refractivity contribution >= 4 is 0 Å². The molecule has 0 amide bonds. The summed E-state index contributed by atoms with van der Waals surface area (Å²) in [5.74, 6) is 0. The second-order valence-corrected chi connectivity index (χ2v) is 4.41. The van der Waals surface area contributed by atoms with Gasteiger partial charge in [-0.1, -0.05) is 37.3 Å². The Hall–Kier alpha value is -0.860. The maximum atomic E-state index is 5.78. The smallest absolute Gasteiger partial charge is 0.0732 e. The minimum absolute atomic E-state index is 0.403. The monoisotopic (exact) mass is 219 g/mol. The van der Waals surface area contributed by atoms with E-state index < -0.39 is 0 Å². The molecular weight excluding hydrogens is 198 g/mol. The molecular formula is C14H21NO. The lowest BCUT2D eigenvalue weighted by atomic mass is 9.99. The van der Waals surface area contributed by atoms with Crippen LogP contribution in [0.25, 0.3) is 0 Å². The predicted octanol–water partition coefficient (Wildman–Crippen LogP) is 2.39. The topological polar surface area (TPSA) is 21.3 Å². The van der Waals surface area contributed by atoms with Crippen molar-refractivity contribution in [3.63, 3.8) is 0 Å². The number of likely N-dealkylation sites (N-methyl/N-ethyl adjacent to an activating group) is 1. The van der Waals surface area contributed by atoms with E-state index in [2.05, 4.69) is 42.6 Å². The van der Waals surface area contributed by atoms with Crippen LogP contribution in [0.1, 0.15) is 25.3 Å². The van der Waals surface area contributed by atoms with Gasteiger partial charge in [0.1, 0.15) is 0 Å². The highest BCUT2D eigenvalue weighted by Gasteiger charge is 2.25. The van der Waals surface area contributed by atoms with Gasteiger partial charge in [-0.05, 0) is 31.4 Å². The van der Waals surface area contributed by atoms with E-state index in [-0.39, 0.29) is 0 Å². The van der Waals surface area contributed by atoms with Gasteiger partial charge in [0.25, 0.3) is 0 Å². The molecule has 88 valence electrons. The molecule has 0 spiro atoms. The first kappa shape index (κ1) is 11.6. The summed E-state index contributed by atoms with van der Waals surface area (Å²) in [6.45, 7) is 4.10. The van der Waals surface area contributed by atoms with Crippen molar-refractivity contribution in [1.29, 1.82) is 0 Å². The van der Waals surface area contributed by atoms with Gasteiger partial charge in [0.05, 0.1) is 6.10 Å². The van der Waals surface area contributed by atoms with E-state index in [1.165, 1.54) is 18.4 Å². The average molecular weight is 219 g/mol. The maximum Gasteiger partial charge on any atom is 0.0732 e. The lowest BCUT2D eigenvalue weighted by Gasteiger charge is -2.23. The molecule has 2 atom stereocenters. The summed E-state index contributed by atoms with van der Waals surface area (Å²) in [6, 6.07) is 11.1. The lowest BCUT2D eigenvalue weighted by Crippen LogP contribution is -2.41. The molecule has 2 nitrogen and oxygen atoms in total. The largest absolute Gasteiger partial charge is 0.377 e. The van der Waals surface area contributed by atoms with Crippen molar-refractivity contribution in [3.8, 4) is 0 Å². The van der Waals surface area contributed by atoms with Crippen LogP contribution in [0.3, 0.4) is 0 Å². The minimum Gasteiger partial charge on any atom is -0.377 e. The molecule has 0 aromatic heterocycles.